The van der Waals surface area contributed by atoms with Crippen molar-refractivity contribution >= 4 is 34.0 Å². The van der Waals surface area contributed by atoms with Crippen LogP contribution >= 0.6 is 11.3 Å². The Hall–Kier alpha value is -3.13. The lowest BCUT2D eigenvalue weighted by Crippen LogP contribution is -2.16. The summed E-state index contributed by atoms with van der Waals surface area (Å²) >= 11 is 1.26. The molecule has 3 aromatic rings. The van der Waals surface area contributed by atoms with Crippen molar-refractivity contribution in [2.75, 3.05) is 10.6 Å². The molecule has 2 aromatic carbocycles. The molecule has 0 radical (unpaired) electrons. The zero-order chi connectivity index (χ0) is 21.3. The minimum atomic E-state index is -0.895. The molecule has 2 N–H and O–H groups in total. The van der Waals surface area contributed by atoms with Crippen LogP contribution in [0.4, 0.5) is 19.6 Å². The Balaban J connectivity index is 1.38. The average molecular weight is 427 g/mol. The smallest absolute Gasteiger partial charge is 0.257 e. The summed E-state index contributed by atoms with van der Waals surface area (Å²) in [5.74, 6) is -1.70. The first kappa shape index (κ1) is 20.2. The summed E-state index contributed by atoms with van der Waals surface area (Å²) in [5.41, 5.74) is 1.59. The second kappa shape index (κ2) is 8.31. The van der Waals surface area contributed by atoms with Gasteiger partial charge in [0.05, 0.1) is 0 Å². The van der Waals surface area contributed by atoms with Gasteiger partial charge in [0.15, 0.2) is 16.8 Å². The van der Waals surface area contributed by atoms with Crippen molar-refractivity contribution in [2.45, 2.75) is 19.8 Å². The number of halogens is 2. The van der Waals surface area contributed by atoms with E-state index in [0.717, 1.165) is 23.4 Å². The lowest BCUT2D eigenvalue weighted by molar-refractivity contribution is -0.117. The van der Waals surface area contributed by atoms with E-state index >= 15 is 0 Å². The van der Waals surface area contributed by atoms with Crippen LogP contribution in [0.15, 0.2) is 48.7 Å². The quantitative estimate of drug-likeness (QED) is 0.590. The molecule has 5 nitrogen and oxygen atoms in total. The molecule has 0 bridgehead atoms. The maximum atomic E-state index is 13.4. The first-order valence-corrected chi connectivity index (χ1v) is 10.3. The molecule has 2 amide bonds. The molecule has 30 heavy (non-hydrogen) atoms. The van der Waals surface area contributed by atoms with E-state index in [9.17, 15) is 18.4 Å². The zero-order valence-electron chi connectivity index (χ0n) is 16.1. The van der Waals surface area contributed by atoms with Crippen LogP contribution < -0.4 is 10.6 Å². The first-order chi connectivity index (χ1) is 14.4. The van der Waals surface area contributed by atoms with E-state index in [1.165, 1.54) is 17.4 Å². The Labute approximate surface area is 176 Å². The fourth-order valence-electron chi connectivity index (χ4n) is 3.13. The Bertz CT molecular complexity index is 1120. The number of thiazole rings is 1. The lowest BCUT2D eigenvalue weighted by atomic mass is 10.1. The molecule has 8 heteroatoms. The van der Waals surface area contributed by atoms with Crippen molar-refractivity contribution in [2.24, 2.45) is 11.8 Å². The third-order valence-electron chi connectivity index (χ3n) is 4.97. The molecule has 1 fully saturated rings. The number of carbonyl (C=O) groups is 2. The van der Waals surface area contributed by atoms with Gasteiger partial charge >= 0.3 is 0 Å². The van der Waals surface area contributed by atoms with Crippen molar-refractivity contribution in [3.63, 3.8) is 0 Å². The normalized spacial score (nSPS) is 17.4. The van der Waals surface area contributed by atoms with Crippen LogP contribution in [0.2, 0.25) is 0 Å². The predicted molar refractivity (Wildman–Crippen MR) is 112 cm³/mol. The highest BCUT2D eigenvalue weighted by atomic mass is 32.1. The van der Waals surface area contributed by atoms with Crippen LogP contribution in [-0.4, -0.2) is 16.8 Å². The maximum Gasteiger partial charge on any atom is 0.257 e. The number of nitrogens with zero attached hydrogens (tertiary/aromatic N) is 1. The number of carbonyl (C=O) groups excluding carboxylic acids is 2. The standard InChI is InChI=1S/C22H19F2N3O2S/c1-12-7-17(12)21(29)26-15-4-2-3-14(10-15)20(28)27-22-25-11-16(30-22)8-13-5-6-18(23)19(24)9-13/h2-6,9-12,17H,7-8H2,1H3,(H,26,29)(H,25,27,28). The van der Waals surface area contributed by atoms with Crippen LogP contribution in [-0.2, 0) is 11.2 Å². The third kappa shape index (κ3) is 4.71. The molecule has 1 heterocycles. The van der Waals surface area contributed by atoms with Crippen LogP contribution in [0, 0.1) is 23.5 Å². The Morgan fingerprint density at radius 1 is 1.13 bits per heavy atom. The Morgan fingerprint density at radius 2 is 1.93 bits per heavy atom. The van der Waals surface area contributed by atoms with Gasteiger partial charge in [-0.15, -0.1) is 11.3 Å². The number of benzene rings is 2. The Kier molecular flexibility index (Phi) is 5.59. The number of hydrogen-bond donors (Lipinski definition) is 2. The number of hydrogen-bond acceptors (Lipinski definition) is 4. The summed E-state index contributed by atoms with van der Waals surface area (Å²) in [4.78, 5) is 29.6. The monoisotopic (exact) mass is 427 g/mol. The average Bonchev–Trinajstić information content (AvgIpc) is 3.30. The number of aromatic nitrogens is 1. The second-order valence-corrected chi connectivity index (χ2v) is 8.52. The molecule has 1 aliphatic carbocycles. The number of amides is 2. The minimum Gasteiger partial charge on any atom is -0.326 e. The summed E-state index contributed by atoms with van der Waals surface area (Å²) in [5, 5.41) is 5.98. The van der Waals surface area contributed by atoms with Crippen molar-refractivity contribution in [3.8, 4) is 0 Å². The third-order valence-corrected chi connectivity index (χ3v) is 5.89. The molecule has 0 spiro atoms. The molecular weight excluding hydrogens is 408 g/mol. The van der Waals surface area contributed by atoms with E-state index in [0.29, 0.717) is 34.3 Å². The van der Waals surface area contributed by atoms with E-state index in [2.05, 4.69) is 15.6 Å². The summed E-state index contributed by atoms with van der Waals surface area (Å²) < 4.78 is 26.4. The molecule has 0 saturated heterocycles. The van der Waals surface area contributed by atoms with E-state index in [1.54, 1.807) is 30.5 Å². The minimum absolute atomic E-state index is 0.0261. The molecule has 1 saturated carbocycles. The highest BCUT2D eigenvalue weighted by molar-refractivity contribution is 7.15. The van der Waals surface area contributed by atoms with Crippen molar-refractivity contribution < 1.29 is 18.4 Å². The van der Waals surface area contributed by atoms with Gasteiger partial charge in [-0.05, 0) is 48.2 Å². The van der Waals surface area contributed by atoms with Crippen molar-refractivity contribution in [1.29, 1.82) is 0 Å². The molecule has 1 aliphatic rings. The highest BCUT2D eigenvalue weighted by Gasteiger charge is 2.39. The fraction of sp³-hybridized carbons (Fsp3) is 0.227. The largest absolute Gasteiger partial charge is 0.326 e. The zero-order valence-corrected chi connectivity index (χ0v) is 16.9. The number of rotatable bonds is 6. The van der Waals surface area contributed by atoms with Gasteiger partial charge in [-0.25, -0.2) is 13.8 Å². The predicted octanol–water partition coefficient (Wildman–Crippen LogP) is 4.86. The molecule has 154 valence electrons. The highest BCUT2D eigenvalue weighted by Crippen LogP contribution is 2.38. The summed E-state index contributed by atoms with van der Waals surface area (Å²) in [6, 6.07) is 10.5. The van der Waals surface area contributed by atoms with Crippen molar-refractivity contribution in [1.82, 2.24) is 4.98 Å². The van der Waals surface area contributed by atoms with E-state index in [4.69, 9.17) is 0 Å². The van der Waals surface area contributed by atoms with Gasteiger partial charge in [0.1, 0.15) is 0 Å². The number of anilines is 2. The van der Waals surface area contributed by atoms with Gasteiger partial charge in [0.25, 0.3) is 5.91 Å². The summed E-state index contributed by atoms with van der Waals surface area (Å²) in [6.45, 7) is 2.03. The number of nitrogens with one attached hydrogen (secondary N) is 2. The summed E-state index contributed by atoms with van der Waals surface area (Å²) in [6.07, 6.45) is 2.86. The fourth-order valence-corrected chi connectivity index (χ4v) is 3.97. The van der Waals surface area contributed by atoms with Gasteiger partial charge in [0.2, 0.25) is 5.91 Å². The van der Waals surface area contributed by atoms with Crippen LogP contribution in [0.3, 0.4) is 0 Å². The van der Waals surface area contributed by atoms with Crippen LogP contribution in [0.25, 0.3) is 0 Å². The maximum absolute atomic E-state index is 13.4. The van der Waals surface area contributed by atoms with Gasteiger partial charge < -0.3 is 5.32 Å². The van der Waals surface area contributed by atoms with E-state index < -0.39 is 11.6 Å². The SMILES string of the molecule is CC1CC1C(=O)Nc1cccc(C(=O)Nc2ncc(Cc3ccc(F)c(F)c3)s2)c1. The second-order valence-electron chi connectivity index (χ2n) is 7.40. The first-order valence-electron chi connectivity index (χ1n) is 9.50. The van der Waals surface area contributed by atoms with Gasteiger partial charge in [-0.2, -0.15) is 0 Å². The molecule has 1 aromatic heterocycles. The topological polar surface area (TPSA) is 71.1 Å². The molecular formula is C22H19F2N3O2S. The molecule has 4 rings (SSSR count). The lowest BCUT2D eigenvalue weighted by Gasteiger charge is -2.07. The van der Waals surface area contributed by atoms with Gasteiger partial charge in [0, 0.05) is 34.7 Å². The van der Waals surface area contributed by atoms with E-state index in [1.807, 2.05) is 6.92 Å². The van der Waals surface area contributed by atoms with Crippen LogP contribution in [0.5, 0.6) is 0 Å². The molecule has 2 atom stereocenters. The summed E-state index contributed by atoms with van der Waals surface area (Å²) in [7, 11) is 0. The van der Waals surface area contributed by atoms with E-state index in [-0.39, 0.29) is 17.7 Å². The van der Waals surface area contributed by atoms with Gasteiger partial charge in [-0.1, -0.05) is 19.1 Å². The Morgan fingerprint density at radius 3 is 2.67 bits per heavy atom. The van der Waals surface area contributed by atoms with Crippen molar-refractivity contribution in [3.05, 3.63) is 76.3 Å². The molecule has 0 aliphatic heterocycles. The van der Waals surface area contributed by atoms with Crippen LogP contribution in [0.1, 0.15) is 34.1 Å². The molecule has 2 unspecified atom stereocenters. The van der Waals surface area contributed by atoms with Gasteiger partial charge in [-0.3, -0.25) is 14.9 Å².